The van der Waals surface area contributed by atoms with Crippen molar-refractivity contribution in [1.82, 2.24) is 0 Å². The number of hydrogen-bond donors (Lipinski definition) is 1. The predicted octanol–water partition coefficient (Wildman–Crippen LogP) is 4.22. The van der Waals surface area contributed by atoms with E-state index in [-0.39, 0.29) is 5.82 Å². The van der Waals surface area contributed by atoms with Crippen LogP contribution in [0.3, 0.4) is 0 Å². The van der Waals surface area contributed by atoms with E-state index in [0.717, 1.165) is 17.1 Å². The molecule has 0 aromatic heterocycles. The van der Waals surface area contributed by atoms with Gasteiger partial charge in [-0.3, -0.25) is 0 Å². The second-order valence-electron chi connectivity index (χ2n) is 4.16. The van der Waals surface area contributed by atoms with Crippen LogP contribution in [0, 0.1) is 5.82 Å². The second-order valence-corrected chi connectivity index (χ2v) is 5.01. The number of anilines is 1. The summed E-state index contributed by atoms with van der Waals surface area (Å²) in [5.74, 6) is 1.17. The van der Waals surface area contributed by atoms with E-state index in [2.05, 4.69) is 21.2 Å². The van der Waals surface area contributed by atoms with Crippen molar-refractivity contribution in [2.45, 2.75) is 6.54 Å². The topological polar surface area (TPSA) is 30.5 Å². The van der Waals surface area contributed by atoms with Gasteiger partial charge in [-0.2, -0.15) is 0 Å². The molecule has 20 heavy (non-hydrogen) atoms. The smallest absolute Gasteiger partial charge is 0.139 e. The molecule has 0 aliphatic carbocycles. The quantitative estimate of drug-likeness (QED) is 0.884. The average molecular weight is 340 g/mol. The Bertz CT molecular complexity index is 604. The Labute approximate surface area is 125 Å². The fourth-order valence-corrected chi connectivity index (χ4v) is 2.05. The average Bonchev–Trinajstić information content (AvgIpc) is 2.48. The Morgan fingerprint density at radius 1 is 1.10 bits per heavy atom. The number of benzene rings is 2. The fraction of sp³-hybridized carbons (Fsp3) is 0.200. The zero-order valence-corrected chi connectivity index (χ0v) is 12.8. The summed E-state index contributed by atoms with van der Waals surface area (Å²) in [4.78, 5) is 0. The number of rotatable bonds is 5. The van der Waals surface area contributed by atoms with Gasteiger partial charge in [0.05, 0.1) is 18.7 Å². The molecule has 106 valence electrons. The van der Waals surface area contributed by atoms with Crippen molar-refractivity contribution in [2.75, 3.05) is 19.5 Å². The monoisotopic (exact) mass is 339 g/mol. The standard InChI is InChI=1S/C15H15BrFNO2/c1-19-12-5-3-10(15(8-12)20-2)9-18-11-4-6-13(16)14(17)7-11/h3-8,18H,9H2,1-2H3. The molecule has 0 saturated carbocycles. The van der Waals surface area contributed by atoms with Crippen LogP contribution in [0.4, 0.5) is 10.1 Å². The highest BCUT2D eigenvalue weighted by molar-refractivity contribution is 9.10. The summed E-state index contributed by atoms with van der Waals surface area (Å²) in [6, 6.07) is 10.5. The molecule has 0 amide bonds. The third kappa shape index (κ3) is 3.42. The van der Waals surface area contributed by atoms with Gasteiger partial charge in [0.25, 0.3) is 0 Å². The summed E-state index contributed by atoms with van der Waals surface area (Å²) < 4.78 is 24.3. The van der Waals surface area contributed by atoms with Gasteiger partial charge >= 0.3 is 0 Å². The minimum Gasteiger partial charge on any atom is -0.497 e. The van der Waals surface area contributed by atoms with Crippen molar-refractivity contribution in [1.29, 1.82) is 0 Å². The van der Waals surface area contributed by atoms with Crippen molar-refractivity contribution < 1.29 is 13.9 Å². The first-order valence-electron chi connectivity index (χ1n) is 6.04. The molecular formula is C15H15BrFNO2. The maximum atomic E-state index is 13.4. The van der Waals surface area contributed by atoms with Crippen molar-refractivity contribution in [2.24, 2.45) is 0 Å². The zero-order chi connectivity index (χ0) is 14.5. The van der Waals surface area contributed by atoms with Gasteiger partial charge in [0, 0.05) is 23.9 Å². The molecule has 0 unspecified atom stereocenters. The lowest BCUT2D eigenvalue weighted by atomic mass is 10.2. The highest BCUT2D eigenvalue weighted by Gasteiger charge is 2.06. The van der Waals surface area contributed by atoms with E-state index in [1.165, 1.54) is 6.07 Å². The lowest BCUT2D eigenvalue weighted by Gasteiger charge is -2.12. The number of halogens is 2. The lowest BCUT2D eigenvalue weighted by Crippen LogP contribution is -2.02. The molecule has 2 aromatic rings. The fourth-order valence-electron chi connectivity index (χ4n) is 1.80. The van der Waals surface area contributed by atoms with E-state index in [1.54, 1.807) is 20.3 Å². The molecule has 0 aliphatic heterocycles. The van der Waals surface area contributed by atoms with E-state index in [0.29, 0.717) is 16.7 Å². The molecule has 0 atom stereocenters. The molecule has 0 aliphatic rings. The van der Waals surface area contributed by atoms with Gasteiger partial charge in [-0.05, 0) is 46.3 Å². The van der Waals surface area contributed by atoms with Crippen molar-refractivity contribution in [3.63, 3.8) is 0 Å². The Balaban J connectivity index is 2.12. The summed E-state index contributed by atoms with van der Waals surface area (Å²) in [6.07, 6.45) is 0. The SMILES string of the molecule is COc1ccc(CNc2ccc(Br)c(F)c2)c(OC)c1. The van der Waals surface area contributed by atoms with Crippen molar-refractivity contribution in [3.05, 3.63) is 52.3 Å². The Hall–Kier alpha value is -1.75. The number of ether oxygens (including phenoxy) is 2. The Morgan fingerprint density at radius 3 is 2.55 bits per heavy atom. The maximum Gasteiger partial charge on any atom is 0.139 e. The van der Waals surface area contributed by atoms with Crippen LogP contribution in [0.25, 0.3) is 0 Å². The van der Waals surface area contributed by atoms with Crippen molar-refractivity contribution in [3.8, 4) is 11.5 Å². The first-order valence-corrected chi connectivity index (χ1v) is 6.83. The molecule has 0 spiro atoms. The first kappa shape index (κ1) is 14.7. The van der Waals surface area contributed by atoms with Gasteiger partial charge in [0.15, 0.2) is 0 Å². The summed E-state index contributed by atoms with van der Waals surface area (Å²) in [5.41, 5.74) is 1.68. The molecule has 0 bridgehead atoms. The van der Waals surface area contributed by atoms with Crippen LogP contribution >= 0.6 is 15.9 Å². The van der Waals surface area contributed by atoms with E-state index in [4.69, 9.17) is 9.47 Å². The van der Waals surface area contributed by atoms with Gasteiger partial charge in [0.1, 0.15) is 17.3 Å². The molecule has 0 saturated heterocycles. The molecule has 5 heteroatoms. The lowest BCUT2D eigenvalue weighted by molar-refractivity contribution is 0.391. The largest absolute Gasteiger partial charge is 0.497 e. The van der Waals surface area contributed by atoms with Crippen LogP contribution in [0.2, 0.25) is 0 Å². The van der Waals surface area contributed by atoms with Gasteiger partial charge in [0.2, 0.25) is 0 Å². The van der Waals surface area contributed by atoms with E-state index < -0.39 is 0 Å². The molecule has 0 radical (unpaired) electrons. The first-order chi connectivity index (χ1) is 9.63. The molecule has 1 N–H and O–H groups in total. The van der Waals surface area contributed by atoms with E-state index >= 15 is 0 Å². The van der Waals surface area contributed by atoms with Crippen LogP contribution in [0.15, 0.2) is 40.9 Å². The van der Waals surface area contributed by atoms with Crippen LogP contribution < -0.4 is 14.8 Å². The Morgan fingerprint density at radius 2 is 1.90 bits per heavy atom. The minimum atomic E-state index is -0.295. The predicted molar refractivity (Wildman–Crippen MR) is 81.0 cm³/mol. The van der Waals surface area contributed by atoms with Crippen molar-refractivity contribution >= 4 is 21.6 Å². The number of methoxy groups -OCH3 is 2. The summed E-state index contributed by atoms with van der Waals surface area (Å²) in [5, 5.41) is 3.16. The van der Waals surface area contributed by atoms with Crippen LogP contribution in [0.1, 0.15) is 5.56 Å². The third-order valence-electron chi connectivity index (χ3n) is 2.90. The molecule has 2 aromatic carbocycles. The van der Waals surface area contributed by atoms with E-state index in [9.17, 15) is 4.39 Å². The summed E-state index contributed by atoms with van der Waals surface area (Å²) >= 11 is 3.13. The highest BCUT2D eigenvalue weighted by Crippen LogP contribution is 2.26. The van der Waals surface area contributed by atoms with Gasteiger partial charge < -0.3 is 14.8 Å². The summed E-state index contributed by atoms with van der Waals surface area (Å²) in [6.45, 7) is 0.536. The van der Waals surface area contributed by atoms with Gasteiger partial charge in [-0.1, -0.05) is 0 Å². The summed E-state index contributed by atoms with van der Waals surface area (Å²) in [7, 11) is 3.22. The Kier molecular flexibility index (Phi) is 4.84. The van der Waals surface area contributed by atoms with Crippen LogP contribution in [0.5, 0.6) is 11.5 Å². The van der Waals surface area contributed by atoms with Gasteiger partial charge in [-0.15, -0.1) is 0 Å². The normalized spacial score (nSPS) is 10.2. The minimum absolute atomic E-state index is 0.295. The third-order valence-corrected chi connectivity index (χ3v) is 3.54. The zero-order valence-electron chi connectivity index (χ0n) is 11.2. The second kappa shape index (κ2) is 6.61. The number of nitrogens with one attached hydrogen (secondary N) is 1. The molecular weight excluding hydrogens is 325 g/mol. The van der Waals surface area contributed by atoms with Crippen LogP contribution in [-0.4, -0.2) is 14.2 Å². The van der Waals surface area contributed by atoms with Gasteiger partial charge in [-0.25, -0.2) is 4.39 Å². The van der Waals surface area contributed by atoms with E-state index in [1.807, 2.05) is 24.3 Å². The molecule has 0 fully saturated rings. The maximum absolute atomic E-state index is 13.4. The highest BCUT2D eigenvalue weighted by atomic mass is 79.9. The molecule has 0 heterocycles. The number of hydrogen-bond acceptors (Lipinski definition) is 3. The molecule has 3 nitrogen and oxygen atoms in total. The van der Waals surface area contributed by atoms with Crippen LogP contribution in [-0.2, 0) is 6.54 Å². The molecule has 2 rings (SSSR count).